The first-order valence-corrected chi connectivity index (χ1v) is 21.6. The monoisotopic (exact) mass is 843 g/mol. The van der Waals surface area contributed by atoms with E-state index in [0.29, 0.717) is 12.8 Å². The second-order valence-corrected chi connectivity index (χ2v) is 17.8. The van der Waals surface area contributed by atoms with Crippen molar-refractivity contribution in [3.05, 3.63) is 82.9 Å². The van der Waals surface area contributed by atoms with Crippen LogP contribution in [0.2, 0.25) is 0 Å². The van der Waals surface area contributed by atoms with E-state index in [4.69, 9.17) is 9.47 Å². The Balaban J connectivity index is 1.15. The van der Waals surface area contributed by atoms with Crippen LogP contribution in [-0.4, -0.2) is 137 Å². The Morgan fingerprint density at radius 3 is 2.22 bits per heavy atom. The summed E-state index contributed by atoms with van der Waals surface area (Å²) in [6.45, 7) is 11.1. The van der Waals surface area contributed by atoms with Crippen molar-refractivity contribution >= 4 is 46.7 Å². The molecule has 0 radical (unpaired) electrons. The third kappa shape index (κ3) is 11.8. The maximum atomic E-state index is 14.3. The van der Waals surface area contributed by atoms with Crippen molar-refractivity contribution in [2.75, 3.05) is 46.4 Å². The molecule has 3 fully saturated rings. The van der Waals surface area contributed by atoms with E-state index in [1.165, 1.54) is 11.1 Å². The van der Waals surface area contributed by atoms with Gasteiger partial charge in [-0.3, -0.25) is 33.7 Å². The molecule has 0 bridgehead atoms. The van der Waals surface area contributed by atoms with Crippen LogP contribution in [0.3, 0.4) is 0 Å². The van der Waals surface area contributed by atoms with Gasteiger partial charge < -0.3 is 35.2 Å². The van der Waals surface area contributed by atoms with Crippen LogP contribution in [0.4, 0.5) is 0 Å². The van der Waals surface area contributed by atoms with Crippen LogP contribution in [0.5, 0.6) is 5.19 Å². The lowest BCUT2D eigenvalue weighted by Gasteiger charge is -2.33. The van der Waals surface area contributed by atoms with E-state index in [9.17, 15) is 28.8 Å². The van der Waals surface area contributed by atoms with Crippen LogP contribution >= 0.6 is 11.3 Å². The smallest absolute Gasteiger partial charge is 0.327 e. The highest BCUT2D eigenvalue weighted by Crippen LogP contribution is 2.31. The van der Waals surface area contributed by atoms with Gasteiger partial charge in [-0.05, 0) is 63.6 Å². The normalized spacial score (nSPS) is 22.2. The van der Waals surface area contributed by atoms with Gasteiger partial charge in [0.05, 0.1) is 25.4 Å². The van der Waals surface area contributed by atoms with E-state index in [1.54, 1.807) is 6.92 Å². The van der Waals surface area contributed by atoms with Gasteiger partial charge in [-0.25, -0.2) is 4.98 Å². The minimum Gasteiger partial charge on any atom is -0.397 e. The number of nitrogens with one attached hydrogen (secondary N) is 3. The van der Waals surface area contributed by atoms with Crippen LogP contribution in [0, 0.1) is 5.92 Å². The number of ether oxygens (including phenoxy) is 2. The number of hydrogen-bond donors (Lipinski definition) is 3. The topological polar surface area (TPSA) is 183 Å². The summed E-state index contributed by atoms with van der Waals surface area (Å²) in [5.41, 5.74) is 0.842. The molecule has 4 amide bonds. The van der Waals surface area contributed by atoms with Crippen molar-refractivity contribution in [1.82, 2.24) is 35.6 Å². The summed E-state index contributed by atoms with van der Waals surface area (Å²) < 4.78 is 10.9. The zero-order valence-corrected chi connectivity index (χ0v) is 35.9. The molecule has 0 spiro atoms. The number of amides is 4. The Morgan fingerprint density at radius 2 is 1.58 bits per heavy atom. The van der Waals surface area contributed by atoms with Gasteiger partial charge in [-0.1, -0.05) is 85.8 Å². The molecule has 0 saturated carbocycles. The van der Waals surface area contributed by atoms with Crippen molar-refractivity contribution in [2.45, 2.75) is 95.6 Å². The Bertz CT molecular complexity index is 1980. The second-order valence-electron chi connectivity index (χ2n) is 16.8. The molecule has 6 atom stereocenters. The highest BCUT2D eigenvalue weighted by atomic mass is 32.1. The van der Waals surface area contributed by atoms with Crippen LogP contribution in [0.25, 0.3) is 0 Å². The molecule has 3 N–H and O–H groups in total. The molecule has 3 aliphatic rings. The van der Waals surface area contributed by atoms with E-state index >= 15 is 0 Å². The molecule has 3 saturated heterocycles. The van der Waals surface area contributed by atoms with Crippen LogP contribution < -0.4 is 20.7 Å². The van der Waals surface area contributed by atoms with Crippen LogP contribution in [0.1, 0.15) is 67.8 Å². The predicted octanol–water partition coefficient (Wildman–Crippen LogP) is 2.63. The van der Waals surface area contributed by atoms with Crippen molar-refractivity contribution in [2.24, 2.45) is 5.92 Å². The molecular formula is C44H57N7O8S. The lowest BCUT2D eigenvalue weighted by molar-refractivity contribution is -0.142. The molecular weight excluding hydrogens is 787 g/mol. The quantitative estimate of drug-likeness (QED) is 0.119. The molecule has 60 heavy (non-hydrogen) atoms. The number of nitrogens with zero attached hydrogens (tertiary/aromatic N) is 4. The van der Waals surface area contributed by atoms with Crippen molar-refractivity contribution in [3.63, 3.8) is 0 Å². The molecule has 2 aromatic carbocycles. The van der Waals surface area contributed by atoms with Crippen molar-refractivity contribution in [3.8, 4) is 5.19 Å². The van der Waals surface area contributed by atoms with E-state index in [-0.39, 0.29) is 54.2 Å². The van der Waals surface area contributed by atoms with Crippen molar-refractivity contribution < 1.29 is 38.2 Å². The third-order valence-electron chi connectivity index (χ3n) is 11.3. The maximum absolute atomic E-state index is 14.3. The summed E-state index contributed by atoms with van der Waals surface area (Å²) in [6.07, 6.45) is 2.81. The lowest BCUT2D eigenvalue weighted by atomic mass is 9.92. The van der Waals surface area contributed by atoms with E-state index < -0.39 is 65.4 Å². The molecule has 4 heterocycles. The average molecular weight is 844 g/mol. The molecule has 1 aromatic heterocycles. The summed E-state index contributed by atoms with van der Waals surface area (Å²) in [7, 11) is 2.03. The summed E-state index contributed by atoms with van der Waals surface area (Å²) in [6, 6.07) is 14.6. The first-order chi connectivity index (χ1) is 28.7. The largest absolute Gasteiger partial charge is 0.397 e. The fourth-order valence-electron chi connectivity index (χ4n) is 7.73. The Hall–Kier alpha value is -5.03. The number of piperazine rings is 1. The molecule has 6 rings (SSSR count). The number of carbonyl (C=O) groups is 6. The predicted molar refractivity (Wildman–Crippen MR) is 225 cm³/mol. The van der Waals surface area contributed by atoms with Gasteiger partial charge in [0.15, 0.2) is 5.78 Å². The van der Waals surface area contributed by atoms with Crippen LogP contribution in [-0.2, 0) is 41.6 Å². The fourth-order valence-corrected chi connectivity index (χ4v) is 8.42. The second kappa shape index (κ2) is 20.0. The minimum atomic E-state index is -1.04. The summed E-state index contributed by atoms with van der Waals surface area (Å²) in [5, 5.41) is 8.72. The first kappa shape index (κ1) is 44.5. The number of hydrogen-bond acceptors (Lipinski definition) is 12. The SMILES string of the molecule is CC(C)C[C@H](NC(=O)[C@H](Cc1ccccc1)N1C(=O)[C@@H](NC(=O)[C@H](CCc2ccccc2)NC(=O)c2cnc(OC(=O)CN3CCN(C)CC3)s2)CC1C)C(=O)C1(C)CO1. The molecule has 322 valence electrons. The van der Waals surface area contributed by atoms with Gasteiger partial charge in [0, 0.05) is 38.6 Å². The number of aromatic nitrogens is 1. The maximum Gasteiger partial charge on any atom is 0.327 e. The number of aryl methyl sites for hydroxylation is 1. The van der Waals surface area contributed by atoms with Gasteiger partial charge in [-0.2, -0.15) is 0 Å². The van der Waals surface area contributed by atoms with Gasteiger partial charge in [-0.15, -0.1) is 0 Å². The number of likely N-dealkylation sites (tertiary alicyclic amines) is 1. The summed E-state index contributed by atoms with van der Waals surface area (Å²) in [4.78, 5) is 92.4. The summed E-state index contributed by atoms with van der Waals surface area (Å²) in [5.74, 6) is -2.60. The molecule has 3 aromatic rings. The Labute approximate surface area is 355 Å². The van der Waals surface area contributed by atoms with Gasteiger partial charge >= 0.3 is 5.97 Å². The van der Waals surface area contributed by atoms with Gasteiger partial charge in [0.25, 0.3) is 11.1 Å². The molecule has 15 nitrogen and oxygen atoms in total. The first-order valence-electron chi connectivity index (χ1n) is 20.8. The number of Topliss-reactive ketones (excluding diaryl/α,β-unsaturated/α-hetero) is 1. The number of ketones is 1. The third-order valence-corrected chi connectivity index (χ3v) is 12.2. The van der Waals surface area contributed by atoms with Gasteiger partial charge in [0.1, 0.15) is 28.6 Å². The zero-order valence-electron chi connectivity index (χ0n) is 35.1. The number of benzene rings is 2. The molecule has 2 unspecified atom stereocenters. The van der Waals surface area contributed by atoms with Gasteiger partial charge in [0.2, 0.25) is 17.7 Å². The Morgan fingerprint density at radius 1 is 0.933 bits per heavy atom. The number of rotatable bonds is 19. The minimum absolute atomic E-state index is 0.0271. The highest BCUT2D eigenvalue weighted by molar-refractivity contribution is 7.15. The fraction of sp³-hybridized carbons (Fsp3) is 0.523. The highest BCUT2D eigenvalue weighted by Gasteiger charge is 2.51. The standard InChI is InChI=1S/C44H57N7O8S/c1-28(2)22-33(38(53)44(4)27-58-44)47-40(55)35(24-31-14-10-7-11-15-31)51-29(3)23-34(42(51)57)48-39(54)32(17-16-30-12-8-6-9-13-30)46-41(56)36-25-45-43(60-36)59-37(52)26-50-20-18-49(5)19-21-50/h6-15,25,28-29,32-35H,16-24,26-27H2,1-5H3,(H,46,56)(H,47,55)(H,48,54)/t29?,32-,33-,34-,35-,44?/m0/s1. The molecule has 3 aliphatic heterocycles. The molecule has 0 aliphatic carbocycles. The number of carbonyl (C=O) groups excluding carboxylic acids is 6. The number of likely N-dealkylation sites (N-methyl/N-ethyl adjacent to an activating group) is 1. The molecule has 16 heteroatoms. The summed E-state index contributed by atoms with van der Waals surface area (Å²) >= 11 is 0.902. The number of esters is 1. The average Bonchev–Trinajstić information content (AvgIpc) is 3.70. The van der Waals surface area contributed by atoms with E-state index in [1.807, 2.05) is 93.4 Å². The number of epoxide rings is 1. The van der Waals surface area contributed by atoms with Crippen LogP contribution in [0.15, 0.2) is 66.9 Å². The van der Waals surface area contributed by atoms with Crippen molar-refractivity contribution in [1.29, 1.82) is 0 Å². The zero-order chi connectivity index (χ0) is 43.0. The lowest BCUT2D eigenvalue weighted by Crippen LogP contribution is -2.57. The van der Waals surface area contributed by atoms with E-state index in [2.05, 4.69) is 25.8 Å². The van der Waals surface area contributed by atoms with E-state index in [0.717, 1.165) is 48.6 Å². The number of thiazole rings is 1. The Kier molecular flexibility index (Phi) is 14.9.